The predicted molar refractivity (Wildman–Crippen MR) is 72.7 cm³/mol. The normalized spacial score (nSPS) is 20.6. The van der Waals surface area contributed by atoms with Crippen LogP contribution in [0.15, 0.2) is 18.2 Å². The average Bonchev–Trinajstić information content (AvgIpc) is 2.54. The number of anilines is 1. The number of halogens is 1. The van der Waals surface area contributed by atoms with E-state index in [9.17, 15) is 4.39 Å². The third-order valence-electron chi connectivity index (χ3n) is 3.62. The summed E-state index contributed by atoms with van der Waals surface area (Å²) in [6.45, 7) is 3.04. The minimum Gasteiger partial charge on any atom is -0.384 e. The summed E-state index contributed by atoms with van der Waals surface area (Å²) >= 11 is 0. The molecular weight excluding hydrogens is 229 g/mol. The van der Waals surface area contributed by atoms with Gasteiger partial charge in [0.2, 0.25) is 0 Å². The number of amidine groups is 1. The van der Waals surface area contributed by atoms with Crippen LogP contribution in [0.3, 0.4) is 0 Å². The van der Waals surface area contributed by atoms with Gasteiger partial charge >= 0.3 is 0 Å². The standard InChI is InChI=1S/C14H20FN3/c1-10-5-3-2-4-8-18(10)13-7-6-11(14(16)17)9-12(13)15/h6-7,9-10H,2-5,8H2,1H3,(H3,16,17). The molecule has 1 aromatic carbocycles. The number of nitrogens with two attached hydrogens (primary N) is 1. The van der Waals surface area contributed by atoms with E-state index < -0.39 is 0 Å². The molecule has 2 rings (SSSR count). The van der Waals surface area contributed by atoms with E-state index in [0.717, 1.165) is 19.4 Å². The van der Waals surface area contributed by atoms with Crippen molar-refractivity contribution in [3.05, 3.63) is 29.6 Å². The first-order valence-electron chi connectivity index (χ1n) is 6.50. The predicted octanol–water partition coefficient (Wildman–Crippen LogP) is 2.88. The first kappa shape index (κ1) is 12.9. The lowest BCUT2D eigenvalue weighted by atomic mass is 10.1. The molecule has 0 saturated carbocycles. The Hall–Kier alpha value is -1.58. The van der Waals surface area contributed by atoms with Crippen LogP contribution in [-0.2, 0) is 0 Å². The first-order valence-corrected chi connectivity index (χ1v) is 6.50. The maximum Gasteiger partial charge on any atom is 0.147 e. The van der Waals surface area contributed by atoms with Crippen molar-refractivity contribution in [1.82, 2.24) is 0 Å². The molecule has 98 valence electrons. The minimum atomic E-state index is -0.281. The number of nitrogens with zero attached hydrogens (tertiary/aromatic N) is 1. The monoisotopic (exact) mass is 249 g/mol. The van der Waals surface area contributed by atoms with Gasteiger partial charge in [0, 0.05) is 18.2 Å². The van der Waals surface area contributed by atoms with Crippen LogP contribution in [0.1, 0.15) is 38.2 Å². The lowest BCUT2D eigenvalue weighted by Gasteiger charge is -2.29. The topological polar surface area (TPSA) is 53.1 Å². The lowest BCUT2D eigenvalue weighted by molar-refractivity contribution is 0.580. The number of hydrogen-bond donors (Lipinski definition) is 2. The molecule has 4 heteroatoms. The van der Waals surface area contributed by atoms with Gasteiger partial charge in [0.1, 0.15) is 11.7 Å². The summed E-state index contributed by atoms with van der Waals surface area (Å²) in [4.78, 5) is 2.13. The summed E-state index contributed by atoms with van der Waals surface area (Å²) in [5.41, 5.74) is 6.44. The van der Waals surface area contributed by atoms with Crippen LogP contribution in [0.4, 0.5) is 10.1 Å². The van der Waals surface area contributed by atoms with Crippen molar-refractivity contribution in [2.24, 2.45) is 5.73 Å². The fraction of sp³-hybridized carbons (Fsp3) is 0.500. The molecule has 0 aromatic heterocycles. The van der Waals surface area contributed by atoms with Crippen molar-refractivity contribution in [2.45, 2.75) is 38.6 Å². The largest absolute Gasteiger partial charge is 0.384 e. The average molecular weight is 249 g/mol. The Morgan fingerprint density at radius 1 is 1.39 bits per heavy atom. The third kappa shape index (κ3) is 2.63. The van der Waals surface area contributed by atoms with Crippen LogP contribution < -0.4 is 10.6 Å². The summed E-state index contributed by atoms with van der Waals surface area (Å²) in [6.07, 6.45) is 4.64. The molecule has 0 radical (unpaired) electrons. The molecule has 1 unspecified atom stereocenters. The highest BCUT2D eigenvalue weighted by atomic mass is 19.1. The van der Waals surface area contributed by atoms with E-state index in [1.54, 1.807) is 12.1 Å². The second kappa shape index (κ2) is 5.38. The molecule has 18 heavy (non-hydrogen) atoms. The fourth-order valence-electron chi connectivity index (χ4n) is 2.54. The summed E-state index contributed by atoms with van der Waals surface area (Å²) in [5, 5.41) is 7.32. The third-order valence-corrected chi connectivity index (χ3v) is 3.62. The summed E-state index contributed by atoms with van der Waals surface area (Å²) in [5.74, 6) is -0.374. The highest BCUT2D eigenvalue weighted by Gasteiger charge is 2.20. The van der Waals surface area contributed by atoms with E-state index in [1.807, 2.05) is 0 Å². The van der Waals surface area contributed by atoms with Crippen molar-refractivity contribution in [2.75, 3.05) is 11.4 Å². The molecule has 0 spiro atoms. The van der Waals surface area contributed by atoms with E-state index >= 15 is 0 Å². The molecule has 0 aliphatic carbocycles. The molecule has 1 heterocycles. The van der Waals surface area contributed by atoms with Gasteiger partial charge in [-0.25, -0.2) is 4.39 Å². The highest BCUT2D eigenvalue weighted by Crippen LogP contribution is 2.27. The van der Waals surface area contributed by atoms with Crippen molar-refractivity contribution in [3.63, 3.8) is 0 Å². The molecule has 0 bridgehead atoms. The summed E-state index contributed by atoms with van der Waals surface area (Å²) < 4.78 is 14.1. The fourth-order valence-corrected chi connectivity index (χ4v) is 2.54. The molecule has 1 aliphatic rings. The van der Waals surface area contributed by atoms with E-state index in [1.165, 1.54) is 18.9 Å². The van der Waals surface area contributed by atoms with Crippen molar-refractivity contribution in [3.8, 4) is 0 Å². The number of rotatable bonds is 2. The second-order valence-electron chi connectivity index (χ2n) is 4.97. The van der Waals surface area contributed by atoms with Crippen LogP contribution in [-0.4, -0.2) is 18.4 Å². The smallest absolute Gasteiger partial charge is 0.147 e. The van der Waals surface area contributed by atoms with E-state index in [-0.39, 0.29) is 11.7 Å². The number of nitrogen functional groups attached to an aromatic ring is 1. The maximum atomic E-state index is 14.1. The van der Waals surface area contributed by atoms with Crippen LogP contribution >= 0.6 is 0 Å². The van der Waals surface area contributed by atoms with E-state index in [4.69, 9.17) is 11.1 Å². The van der Waals surface area contributed by atoms with Gasteiger partial charge in [-0.3, -0.25) is 5.41 Å². The molecule has 1 aromatic rings. The first-order chi connectivity index (χ1) is 8.59. The lowest BCUT2D eigenvalue weighted by Crippen LogP contribution is -2.33. The SMILES string of the molecule is CC1CCCCCN1c1ccc(C(=N)N)cc1F. The van der Waals surface area contributed by atoms with Gasteiger partial charge in [-0.2, -0.15) is 0 Å². The Labute approximate surface area is 107 Å². The molecule has 3 N–H and O–H groups in total. The Morgan fingerprint density at radius 2 is 2.17 bits per heavy atom. The maximum absolute atomic E-state index is 14.1. The zero-order chi connectivity index (χ0) is 13.1. The van der Waals surface area contributed by atoms with Gasteiger partial charge < -0.3 is 10.6 Å². The molecule has 1 atom stereocenters. The molecule has 1 saturated heterocycles. The highest BCUT2D eigenvalue weighted by molar-refractivity contribution is 5.95. The summed E-state index contributed by atoms with van der Waals surface area (Å²) in [6, 6.07) is 5.19. The summed E-state index contributed by atoms with van der Waals surface area (Å²) in [7, 11) is 0. The quantitative estimate of drug-likeness (QED) is 0.625. The Bertz CT molecular complexity index is 445. The van der Waals surface area contributed by atoms with Gasteiger partial charge in [0.25, 0.3) is 0 Å². The van der Waals surface area contributed by atoms with Crippen LogP contribution in [0.5, 0.6) is 0 Å². The van der Waals surface area contributed by atoms with Crippen molar-refractivity contribution in [1.29, 1.82) is 5.41 Å². The molecule has 3 nitrogen and oxygen atoms in total. The van der Waals surface area contributed by atoms with Crippen molar-refractivity contribution >= 4 is 11.5 Å². The molecular formula is C14H20FN3. The Morgan fingerprint density at radius 3 is 2.83 bits per heavy atom. The van der Waals surface area contributed by atoms with Gasteiger partial charge in [0.05, 0.1) is 5.69 Å². The van der Waals surface area contributed by atoms with Crippen LogP contribution in [0.2, 0.25) is 0 Å². The molecule has 0 amide bonds. The Balaban J connectivity index is 2.29. The van der Waals surface area contributed by atoms with Crippen LogP contribution in [0.25, 0.3) is 0 Å². The molecule has 1 fully saturated rings. The number of nitrogens with one attached hydrogen (secondary N) is 1. The zero-order valence-corrected chi connectivity index (χ0v) is 10.7. The zero-order valence-electron chi connectivity index (χ0n) is 10.7. The van der Waals surface area contributed by atoms with Gasteiger partial charge in [-0.05, 0) is 38.0 Å². The van der Waals surface area contributed by atoms with Gasteiger partial charge in [-0.1, -0.05) is 12.8 Å². The molecule has 1 aliphatic heterocycles. The number of benzene rings is 1. The van der Waals surface area contributed by atoms with E-state index in [2.05, 4.69) is 11.8 Å². The van der Waals surface area contributed by atoms with E-state index in [0.29, 0.717) is 17.3 Å². The number of hydrogen-bond acceptors (Lipinski definition) is 2. The second-order valence-corrected chi connectivity index (χ2v) is 4.97. The van der Waals surface area contributed by atoms with Gasteiger partial charge in [0.15, 0.2) is 0 Å². The van der Waals surface area contributed by atoms with Gasteiger partial charge in [-0.15, -0.1) is 0 Å². The van der Waals surface area contributed by atoms with Crippen LogP contribution in [0, 0.1) is 11.2 Å². The van der Waals surface area contributed by atoms with Crippen molar-refractivity contribution < 1.29 is 4.39 Å². The minimum absolute atomic E-state index is 0.0932. The Kier molecular flexibility index (Phi) is 3.84.